The van der Waals surface area contributed by atoms with Gasteiger partial charge in [0.25, 0.3) is 5.91 Å². The second-order valence-corrected chi connectivity index (χ2v) is 8.73. The molecule has 0 radical (unpaired) electrons. The van der Waals surface area contributed by atoms with Gasteiger partial charge in [-0.2, -0.15) is 5.10 Å². The molecule has 4 rings (SSSR count). The van der Waals surface area contributed by atoms with Gasteiger partial charge in [0, 0.05) is 5.39 Å². The number of carbonyl (C=O) groups is 1. The third-order valence-corrected chi connectivity index (χ3v) is 6.86. The van der Waals surface area contributed by atoms with E-state index in [1.807, 2.05) is 13.0 Å². The van der Waals surface area contributed by atoms with Crippen LogP contribution < -0.4 is 5.32 Å². The first-order valence-corrected chi connectivity index (χ1v) is 10.4. The van der Waals surface area contributed by atoms with Crippen LogP contribution >= 0.6 is 11.3 Å². The van der Waals surface area contributed by atoms with Crippen molar-refractivity contribution in [2.75, 3.05) is 0 Å². The quantitative estimate of drug-likeness (QED) is 0.801. The van der Waals surface area contributed by atoms with E-state index in [4.69, 9.17) is 5.10 Å². The Balaban J connectivity index is 1.59. The molecule has 2 heterocycles. The van der Waals surface area contributed by atoms with Crippen molar-refractivity contribution in [2.24, 2.45) is 0 Å². The Morgan fingerprint density at radius 3 is 2.64 bits per heavy atom. The predicted molar refractivity (Wildman–Crippen MR) is 100.0 cm³/mol. The molecule has 0 atom stereocenters. The molecule has 2 aromatic heterocycles. The van der Waals surface area contributed by atoms with Crippen LogP contribution in [0.3, 0.4) is 0 Å². The highest BCUT2D eigenvalue weighted by Gasteiger charge is 2.32. The van der Waals surface area contributed by atoms with Crippen LogP contribution in [0.2, 0.25) is 0 Å². The van der Waals surface area contributed by atoms with E-state index in [9.17, 15) is 9.90 Å². The largest absolute Gasteiger partial charge is 0.371 e. The van der Waals surface area contributed by atoms with Crippen LogP contribution in [0.1, 0.15) is 85.6 Å². The zero-order valence-corrected chi connectivity index (χ0v) is 15.7. The maximum atomic E-state index is 12.7. The second kappa shape index (κ2) is 6.72. The summed E-state index contributed by atoms with van der Waals surface area (Å²) in [4.78, 5) is 14.5. The molecule has 0 saturated heterocycles. The minimum absolute atomic E-state index is 0.153. The number of amides is 1. The van der Waals surface area contributed by atoms with Gasteiger partial charge >= 0.3 is 0 Å². The van der Waals surface area contributed by atoms with Gasteiger partial charge in [-0.05, 0) is 51.5 Å². The summed E-state index contributed by atoms with van der Waals surface area (Å²) in [5, 5.41) is 19.3. The molecule has 2 aliphatic rings. The number of hydrogen-bond donors (Lipinski definition) is 2. The number of aliphatic hydroxyl groups is 1. The zero-order valence-electron chi connectivity index (χ0n) is 14.9. The molecule has 6 heteroatoms. The Hall–Kier alpha value is -1.40. The Kier molecular flexibility index (Phi) is 4.58. The van der Waals surface area contributed by atoms with Gasteiger partial charge in [-0.25, -0.2) is 0 Å². The van der Waals surface area contributed by atoms with Crippen molar-refractivity contribution in [3.63, 3.8) is 0 Å². The molecule has 2 fully saturated rings. The summed E-state index contributed by atoms with van der Waals surface area (Å²) in [5.41, 5.74) is -0.0390. The summed E-state index contributed by atoms with van der Waals surface area (Å²) in [5.74, 6) is -0.153. The molecule has 0 unspecified atom stereocenters. The van der Waals surface area contributed by atoms with Gasteiger partial charge < -0.3 is 10.4 Å². The topological polar surface area (TPSA) is 67.2 Å². The summed E-state index contributed by atoms with van der Waals surface area (Å²) in [6, 6.07) is 2.41. The van der Waals surface area contributed by atoms with E-state index in [1.165, 1.54) is 43.4 Å². The fraction of sp³-hybridized carbons (Fsp3) is 0.684. The molecular weight excluding hydrogens is 334 g/mol. The Labute approximate surface area is 152 Å². The molecule has 0 spiro atoms. The normalized spacial score (nSPS) is 21.5. The van der Waals surface area contributed by atoms with E-state index in [0.29, 0.717) is 23.8 Å². The van der Waals surface area contributed by atoms with Gasteiger partial charge in [0.05, 0.1) is 16.6 Å². The van der Waals surface area contributed by atoms with Crippen LogP contribution in [0.15, 0.2) is 6.07 Å². The van der Waals surface area contributed by atoms with E-state index in [0.717, 1.165) is 35.2 Å². The van der Waals surface area contributed by atoms with Crippen LogP contribution in [0.4, 0.5) is 0 Å². The molecule has 1 amide bonds. The van der Waals surface area contributed by atoms with E-state index >= 15 is 0 Å². The monoisotopic (exact) mass is 361 g/mol. The molecule has 2 N–H and O–H groups in total. The minimum Gasteiger partial charge on any atom is -0.371 e. The van der Waals surface area contributed by atoms with Gasteiger partial charge in [-0.15, -0.1) is 11.3 Å². The van der Waals surface area contributed by atoms with Crippen LogP contribution in [0, 0.1) is 6.92 Å². The van der Waals surface area contributed by atoms with E-state index in [1.54, 1.807) is 0 Å². The number of nitrogens with zero attached hydrogens (tertiary/aromatic N) is 2. The summed E-state index contributed by atoms with van der Waals surface area (Å²) >= 11 is 1.51. The summed E-state index contributed by atoms with van der Waals surface area (Å²) in [6.07, 6.45) is 10.6. The first-order valence-electron chi connectivity index (χ1n) is 9.59. The fourth-order valence-electron chi connectivity index (χ4n) is 4.29. The maximum Gasteiger partial charge on any atom is 0.263 e. The Morgan fingerprint density at radius 1 is 1.24 bits per heavy atom. The van der Waals surface area contributed by atoms with Gasteiger partial charge in [-0.1, -0.05) is 25.7 Å². The van der Waals surface area contributed by atoms with Crippen LogP contribution in [0.25, 0.3) is 10.2 Å². The average molecular weight is 362 g/mol. The number of rotatable bonds is 3. The number of carbonyl (C=O) groups excluding carboxylic acids is 1. The maximum absolute atomic E-state index is 12.7. The third-order valence-electron chi connectivity index (χ3n) is 5.74. The molecule has 5 nitrogen and oxygen atoms in total. The predicted octanol–water partition coefficient (Wildman–Crippen LogP) is 4.29. The van der Waals surface area contributed by atoms with Crippen molar-refractivity contribution in [3.05, 3.63) is 16.6 Å². The Bertz CT molecular complexity index is 767. The van der Waals surface area contributed by atoms with Crippen molar-refractivity contribution in [2.45, 2.75) is 82.9 Å². The lowest BCUT2D eigenvalue weighted by atomic mass is 9.92. The number of aromatic nitrogens is 2. The van der Waals surface area contributed by atoms with E-state index in [-0.39, 0.29) is 5.91 Å². The first kappa shape index (κ1) is 17.0. The number of hydrogen-bond acceptors (Lipinski definition) is 4. The molecule has 2 aliphatic carbocycles. The highest BCUT2D eigenvalue weighted by atomic mass is 32.1. The van der Waals surface area contributed by atoms with Gasteiger partial charge in [0.15, 0.2) is 0 Å². The SMILES string of the molecule is Cc1nn(C2CCCCC2)c2sc(C(=O)NC3(O)CCCCC3)cc12. The van der Waals surface area contributed by atoms with Gasteiger partial charge in [0.1, 0.15) is 10.6 Å². The number of nitrogens with one attached hydrogen (secondary N) is 1. The molecular formula is C19H27N3O2S. The highest BCUT2D eigenvalue weighted by molar-refractivity contribution is 7.20. The summed E-state index contributed by atoms with van der Waals surface area (Å²) < 4.78 is 2.15. The standard InChI is InChI=1S/C19H27N3O2S/c1-13-15-12-16(17(23)20-19(24)10-6-3-7-11-19)25-18(15)22(21-13)14-8-4-2-5-9-14/h12,14,24H,2-11H2,1H3,(H,20,23). The minimum atomic E-state index is -1.03. The molecule has 136 valence electrons. The summed E-state index contributed by atoms with van der Waals surface area (Å²) in [7, 11) is 0. The Morgan fingerprint density at radius 2 is 1.92 bits per heavy atom. The fourth-order valence-corrected chi connectivity index (χ4v) is 5.42. The van der Waals surface area contributed by atoms with Crippen LogP contribution in [-0.2, 0) is 0 Å². The van der Waals surface area contributed by atoms with Crippen molar-refractivity contribution < 1.29 is 9.90 Å². The number of thiophene rings is 1. The highest BCUT2D eigenvalue weighted by Crippen LogP contribution is 2.36. The number of fused-ring (bicyclic) bond motifs is 1. The smallest absolute Gasteiger partial charge is 0.263 e. The summed E-state index contributed by atoms with van der Waals surface area (Å²) in [6.45, 7) is 2.02. The third kappa shape index (κ3) is 3.34. The van der Waals surface area contributed by atoms with Crippen molar-refractivity contribution in [1.82, 2.24) is 15.1 Å². The molecule has 2 aromatic rings. The molecule has 2 saturated carbocycles. The lowest BCUT2D eigenvalue weighted by Gasteiger charge is -2.32. The number of aryl methyl sites for hydroxylation is 1. The lowest BCUT2D eigenvalue weighted by molar-refractivity contribution is -0.0218. The van der Waals surface area contributed by atoms with Crippen molar-refractivity contribution in [1.29, 1.82) is 0 Å². The van der Waals surface area contributed by atoms with Gasteiger partial charge in [-0.3, -0.25) is 9.48 Å². The molecule has 0 aliphatic heterocycles. The van der Waals surface area contributed by atoms with E-state index < -0.39 is 5.72 Å². The lowest BCUT2D eigenvalue weighted by Crippen LogP contribution is -2.49. The van der Waals surface area contributed by atoms with Crippen molar-refractivity contribution >= 4 is 27.5 Å². The first-order chi connectivity index (χ1) is 12.1. The second-order valence-electron chi connectivity index (χ2n) is 7.70. The average Bonchev–Trinajstić information content (AvgIpc) is 3.17. The van der Waals surface area contributed by atoms with Crippen molar-refractivity contribution in [3.8, 4) is 0 Å². The molecule has 25 heavy (non-hydrogen) atoms. The zero-order chi connectivity index (χ0) is 17.4. The van der Waals surface area contributed by atoms with E-state index in [2.05, 4.69) is 10.00 Å². The van der Waals surface area contributed by atoms with Gasteiger partial charge in [0.2, 0.25) is 0 Å². The van der Waals surface area contributed by atoms with Crippen LogP contribution in [0.5, 0.6) is 0 Å². The van der Waals surface area contributed by atoms with Crippen LogP contribution in [-0.4, -0.2) is 26.5 Å². The molecule has 0 bridgehead atoms. The molecule has 0 aromatic carbocycles.